The molecular formula is C10H16N2O. The number of nitrogens with zero attached hydrogens (tertiary/aromatic N) is 1. The van der Waals surface area contributed by atoms with Crippen molar-refractivity contribution in [3.8, 4) is 0 Å². The van der Waals surface area contributed by atoms with Crippen molar-refractivity contribution in [1.82, 2.24) is 10.5 Å². The quantitative estimate of drug-likeness (QED) is 0.537. The highest BCUT2D eigenvalue weighted by Gasteiger charge is 1.98. The van der Waals surface area contributed by atoms with Gasteiger partial charge in [-0.2, -0.15) is 0 Å². The first-order valence-electron chi connectivity index (χ1n) is 4.56. The van der Waals surface area contributed by atoms with E-state index in [2.05, 4.69) is 17.1 Å². The standard InChI is InChI=1S/C10H16N2O/c1-3-4-5-6-11-8-10-7-9(2)12-13-10/h3,7,11H,1,4-6,8H2,2H3. The summed E-state index contributed by atoms with van der Waals surface area (Å²) in [5.74, 6) is 0.899. The number of allylic oxidation sites excluding steroid dienone is 1. The zero-order chi connectivity index (χ0) is 9.52. The summed E-state index contributed by atoms with van der Waals surface area (Å²) in [5, 5.41) is 7.07. The van der Waals surface area contributed by atoms with Crippen LogP contribution < -0.4 is 5.32 Å². The molecule has 1 aromatic rings. The summed E-state index contributed by atoms with van der Waals surface area (Å²) in [7, 11) is 0. The minimum Gasteiger partial charge on any atom is -0.360 e. The predicted molar refractivity (Wildman–Crippen MR) is 52.4 cm³/mol. The van der Waals surface area contributed by atoms with Crippen LogP contribution in [0.5, 0.6) is 0 Å². The van der Waals surface area contributed by atoms with Crippen molar-refractivity contribution in [3.63, 3.8) is 0 Å². The van der Waals surface area contributed by atoms with Crippen molar-refractivity contribution in [3.05, 3.63) is 30.2 Å². The summed E-state index contributed by atoms with van der Waals surface area (Å²) >= 11 is 0. The number of aromatic nitrogens is 1. The van der Waals surface area contributed by atoms with Crippen LogP contribution in [0.2, 0.25) is 0 Å². The van der Waals surface area contributed by atoms with Crippen molar-refractivity contribution in [2.75, 3.05) is 6.54 Å². The van der Waals surface area contributed by atoms with Crippen LogP contribution in [0.15, 0.2) is 23.2 Å². The van der Waals surface area contributed by atoms with Gasteiger partial charge in [0, 0.05) is 6.07 Å². The second-order valence-corrected chi connectivity index (χ2v) is 3.04. The molecule has 0 radical (unpaired) electrons. The van der Waals surface area contributed by atoms with Gasteiger partial charge in [0.2, 0.25) is 0 Å². The van der Waals surface area contributed by atoms with Crippen molar-refractivity contribution in [2.24, 2.45) is 0 Å². The Morgan fingerprint density at radius 3 is 3.15 bits per heavy atom. The van der Waals surface area contributed by atoms with E-state index in [1.54, 1.807) is 0 Å². The van der Waals surface area contributed by atoms with E-state index in [4.69, 9.17) is 4.52 Å². The van der Waals surface area contributed by atoms with Crippen molar-refractivity contribution in [2.45, 2.75) is 26.3 Å². The fourth-order valence-electron chi connectivity index (χ4n) is 1.08. The summed E-state index contributed by atoms with van der Waals surface area (Å²) in [4.78, 5) is 0. The van der Waals surface area contributed by atoms with Gasteiger partial charge in [0.25, 0.3) is 0 Å². The second-order valence-electron chi connectivity index (χ2n) is 3.04. The Morgan fingerprint density at radius 2 is 2.54 bits per heavy atom. The number of rotatable bonds is 6. The van der Waals surface area contributed by atoms with Crippen LogP contribution >= 0.6 is 0 Å². The highest BCUT2D eigenvalue weighted by atomic mass is 16.5. The molecule has 0 atom stereocenters. The summed E-state index contributed by atoms with van der Waals surface area (Å²) in [6, 6.07) is 1.94. The summed E-state index contributed by atoms with van der Waals surface area (Å²) in [6.07, 6.45) is 4.11. The van der Waals surface area contributed by atoms with Crippen LogP contribution in [-0.4, -0.2) is 11.7 Å². The lowest BCUT2D eigenvalue weighted by molar-refractivity contribution is 0.369. The molecule has 0 aliphatic carbocycles. The highest BCUT2D eigenvalue weighted by molar-refractivity contribution is 5.02. The van der Waals surface area contributed by atoms with Gasteiger partial charge < -0.3 is 9.84 Å². The zero-order valence-corrected chi connectivity index (χ0v) is 8.05. The third-order valence-electron chi connectivity index (χ3n) is 1.74. The van der Waals surface area contributed by atoms with E-state index in [1.165, 1.54) is 0 Å². The van der Waals surface area contributed by atoms with Gasteiger partial charge in [0.05, 0.1) is 12.2 Å². The largest absolute Gasteiger partial charge is 0.360 e. The first-order valence-corrected chi connectivity index (χ1v) is 4.56. The smallest absolute Gasteiger partial charge is 0.150 e. The molecule has 0 aliphatic rings. The molecule has 0 fully saturated rings. The van der Waals surface area contributed by atoms with Gasteiger partial charge in [0.15, 0.2) is 5.76 Å². The van der Waals surface area contributed by atoms with Gasteiger partial charge in [-0.1, -0.05) is 11.2 Å². The molecule has 3 heteroatoms. The Labute approximate surface area is 78.8 Å². The summed E-state index contributed by atoms with van der Waals surface area (Å²) < 4.78 is 5.04. The molecule has 1 rings (SSSR count). The molecule has 0 saturated heterocycles. The number of hydrogen-bond donors (Lipinski definition) is 1. The lowest BCUT2D eigenvalue weighted by Crippen LogP contribution is -2.13. The van der Waals surface area contributed by atoms with E-state index in [0.717, 1.165) is 37.4 Å². The molecule has 0 aromatic carbocycles. The molecule has 0 saturated carbocycles. The Hall–Kier alpha value is -1.09. The molecule has 13 heavy (non-hydrogen) atoms. The average molecular weight is 180 g/mol. The van der Waals surface area contributed by atoms with Gasteiger partial charge in [-0.3, -0.25) is 0 Å². The van der Waals surface area contributed by atoms with Crippen LogP contribution in [0, 0.1) is 6.92 Å². The van der Waals surface area contributed by atoms with Crippen LogP contribution in [0.1, 0.15) is 24.3 Å². The minimum atomic E-state index is 0.762. The Morgan fingerprint density at radius 1 is 1.69 bits per heavy atom. The number of aryl methyl sites for hydroxylation is 1. The van der Waals surface area contributed by atoms with Crippen LogP contribution in [0.3, 0.4) is 0 Å². The van der Waals surface area contributed by atoms with E-state index >= 15 is 0 Å². The van der Waals surface area contributed by atoms with Crippen molar-refractivity contribution >= 4 is 0 Å². The Balaban J connectivity index is 2.09. The van der Waals surface area contributed by atoms with E-state index in [0.29, 0.717) is 0 Å². The van der Waals surface area contributed by atoms with Crippen LogP contribution in [-0.2, 0) is 6.54 Å². The third kappa shape index (κ3) is 3.90. The van der Waals surface area contributed by atoms with E-state index in [-0.39, 0.29) is 0 Å². The normalized spacial score (nSPS) is 10.2. The van der Waals surface area contributed by atoms with E-state index in [9.17, 15) is 0 Å². The molecule has 0 amide bonds. The molecule has 1 heterocycles. The third-order valence-corrected chi connectivity index (χ3v) is 1.74. The number of nitrogens with one attached hydrogen (secondary N) is 1. The SMILES string of the molecule is C=CCCCNCc1cc(C)no1. The first kappa shape index (κ1) is 9.99. The molecule has 1 N–H and O–H groups in total. The second kappa shape index (κ2) is 5.54. The van der Waals surface area contributed by atoms with Gasteiger partial charge >= 0.3 is 0 Å². The van der Waals surface area contributed by atoms with E-state index in [1.807, 2.05) is 19.1 Å². The molecule has 0 bridgehead atoms. The van der Waals surface area contributed by atoms with Gasteiger partial charge in [-0.15, -0.1) is 6.58 Å². The predicted octanol–water partition coefficient (Wildman–Crippen LogP) is 2.04. The molecule has 0 aliphatic heterocycles. The van der Waals surface area contributed by atoms with Crippen LogP contribution in [0.25, 0.3) is 0 Å². The first-order chi connectivity index (χ1) is 6.33. The molecular weight excluding hydrogens is 164 g/mol. The highest BCUT2D eigenvalue weighted by Crippen LogP contribution is 2.00. The molecule has 0 unspecified atom stereocenters. The maximum atomic E-state index is 5.04. The Kier molecular flexibility index (Phi) is 4.26. The monoisotopic (exact) mass is 180 g/mol. The summed E-state index contributed by atoms with van der Waals surface area (Å²) in [5.41, 5.74) is 0.933. The fraction of sp³-hybridized carbons (Fsp3) is 0.500. The summed E-state index contributed by atoms with van der Waals surface area (Å²) in [6.45, 7) is 7.34. The maximum Gasteiger partial charge on any atom is 0.150 e. The van der Waals surface area contributed by atoms with Gasteiger partial charge in [-0.25, -0.2) is 0 Å². The Bertz CT molecular complexity index is 255. The molecule has 3 nitrogen and oxygen atoms in total. The maximum absolute atomic E-state index is 5.04. The number of hydrogen-bond acceptors (Lipinski definition) is 3. The zero-order valence-electron chi connectivity index (χ0n) is 8.05. The lowest BCUT2D eigenvalue weighted by Gasteiger charge is -1.98. The minimum absolute atomic E-state index is 0.762. The van der Waals surface area contributed by atoms with Gasteiger partial charge in [0.1, 0.15) is 0 Å². The van der Waals surface area contributed by atoms with Crippen molar-refractivity contribution in [1.29, 1.82) is 0 Å². The fourth-order valence-corrected chi connectivity index (χ4v) is 1.08. The lowest BCUT2D eigenvalue weighted by atomic mass is 10.3. The van der Waals surface area contributed by atoms with E-state index < -0.39 is 0 Å². The molecule has 72 valence electrons. The van der Waals surface area contributed by atoms with Crippen LogP contribution in [0.4, 0.5) is 0 Å². The topological polar surface area (TPSA) is 38.1 Å². The molecule has 0 spiro atoms. The van der Waals surface area contributed by atoms with Crippen molar-refractivity contribution < 1.29 is 4.52 Å². The molecule has 1 aromatic heterocycles. The average Bonchev–Trinajstić information content (AvgIpc) is 2.51. The number of unbranched alkanes of at least 4 members (excludes halogenated alkanes) is 1. The van der Waals surface area contributed by atoms with Gasteiger partial charge in [-0.05, 0) is 26.3 Å².